The fraction of sp³-hybridized carbons (Fsp3) is 0.571. The van der Waals surface area contributed by atoms with Crippen molar-refractivity contribution in [3.05, 3.63) is 29.6 Å². The van der Waals surface area contributed by atoms with Gasteiger partial charge in [-0.05, 0) is 37.5 Å². The summed E-state index contributed by atoms with van der Waals surface area (Å²) in [6.45, 7) is 6.25. The number of benzene rings is 1. The summed E-state index contributed by atoms with van der Waals surface area (Å²) < 4.78 is 19.0. The van der Waals surface area contributed by atoms with Crippen LogP contribution < -0.4 is 4.74 Å². The van der Waals surface area contributed by atoms with Crippen LogP contribution in [0.1, 0.15) is 45.3 Å². The van der Waals surface area contributed by atoms with E-state index in [-0.39, 0.29) is 11.4 Å². The molecule has 1 aromatic carbocycles. The molecule has 0 fully saturated rings. The molecule has 0 aliphatic carbocycles. The van der Waals surface area contributed by atoms with Crippen molar-refractivity contribution >= 4 is 0 Å². The van der Waals surface area contributed by atoms with Gasteiger partial charge in [0.2, 0.25) is 0 Å². The third kappa shape index (κ3) is 2.60. The molecule has 0 amide bonds. The summed E-state index contributed by atoms with van der Waals surface area (Å²) in [5.41, 5.74) is 0.199. The molecule has 94 valence electrons. The fourth-order valence-corrected chi connectivity index (χ4v) is 2.69. The third-order valence-electron chi connectivity index (χ3n) is 3.15. The Labute approximate surface area is 101 Å². The minimum absolute atomic E-state index is 0.334. The van der Waals surface area contributed by atoms with Crippen LogP contribution in [0.3, 0.4) is 0 Å². The van der Waals surface area contributed by atoms with Crippen LogP contribution in [0.5, 0.6) is 5.75 Å². The first-order valence-corrected chi connectivity index (χ1v) is 6.06. The molecule has 1 aromatic rings. The molecule has 0 saturated carbocycles. The Morgan fingerprint density at radius 2 is 2.24 bits per heavy atom. The first kappa shape index (κ1) is 12.4. The lowest BCUT2D eigenvalue weighted by Gasteiger charge is -2.39. The first-order valence-electron chi connectivity index (χ1n) is 6.06. The summed E-state index contributed by atoms with van der Waals surface area (Å²) in [5, 5.41) is 10.1. The number of hydrogen-bond donors (Lipinski definition) is 1. The zero-order valence-corrected chi connectivity index (χ0v) is 10.5. The Morgan fingerprint density at radius 1 is 1.53 bits per heavy atom. The predicted octanol–water partition coefficient (Wildman–Crippen LogP) is 3.45. The van der Waals surface area contributed by atoms with Crippen LogP contribution >= 0.6 is 0 Å². The quantitative estimate of drug-likeness (QED) is 0.855. The summed E-state index contributed by atoms with van der Waals surface area (Å²) in [6, 6.07) is 4.33. The van der Waals surface area contributed by atoms with Gasteiger partial charge in [0.25, 0.3) is 0 Å². The molecule has 1 aliphatic rings. The van der Waals surface area contributed by atoms with E-state index in [2.05, 4.69) is 13.8 Å². The van der Waals surface area contributed by atoms with Gasteiger partial charge in [-0.25, -0.2) is 4.39 Å². The molecule has 1 aliphatic heterocycles. The molecule has 17 heavy (non-hydrogen) atoms. The van der Waals surface area contributed by atoms with E-state index in [1.165, 1.54) is 12.1 Å². The SMILES string of the molecule is CC(C)CC1(C)C[C@@H](O)c2cc(F)ccc2O1. The van der Waals surface area contributed by atoms with Gasteiger partial charge in [0.05, 0.1) is 6.10 Å². The van der Waals surface area contributed by atoms with Crippen molar-refractivity contribution in [2.45, 2.75) is 45.3 Å². The van der Waals surface area contributed by atoms with Gasteiger partial charge >= 0.3 is 0 Å². The Hall–Kier alpha value is -1.09. The van der Waals surface area contributed by atoms with Crippen LogP contribution in [0.2, 0.25) is 0 Å². The number of halogens is 1. The zero-order valence-electron chi connectivity index (χ0n) is 10.5. The molecule has 1 unspecified atom stereocenters. The minimum atomic E-state index is -0.641. The van der Waals surface area contributed by atoms with E-state index < -0.39 is 6.10 Å². The number of aliphatic hydroxyl groups is 1. The molecule has 2 atom stereocenters. The van der Waals surface area contributed by atoms with Crippen molar-refractivity contribution in [2.75, 3.05) is 0 Å². The monoisotopic (exact) mass is 238 g/mol. The smallest absolute Gasteiger partial charge is 0.126 e. The second kappa shape index (κ2) is 4.30. The fourth-order valence-electron chi connectivity index (χ4n) is 2.69. The molecule has 3 heteroatoms. The lowest BCUT2D eigenvalue weighted by Crippen LogP contribution is -2.39. The summed E-state index contributed by atoms with van der Waals surface area (Å²) >= 11 is 0. The van der Waals surface area contributed by atoms with Crippen molar-refractivity contribution in [3.63, 3.8) is 0 Å². The highest BCUT2D eigenvalue weighted by Crippen LogP contribution is 2.42. The normalized spacial score (nSPS) is 27.8. The van der Waals surface area contributed by atoms with Crippen molar-refractivity contribution in [3.8, 4) is 5.75 Å². The molecule has 2 nitrogen and oxygen atoms in total. The van der Waals surface area contributed by atoms with Gasteiger partial charge in [-0.1, -0.05) is 13.8 Å². The van der Waals surface area contributed by atoms with E-state index in [0.717, 1.165) is 6.42 Å². The second-order valence-electron chi connectivity index (χ2n) is 5.55. The van der Waals surface area contributed by atoms with Crippen molar-refractivity contribution in [1.29, 1.82) is 0 Å². The van der Waals surface area contributed by atoms with Gasteiger partial charge in [-0.2, -0.15) is 0 Å². The van der Waals surface area contributed by atoms with E-state index in [4.69, 9.17) is 4.74 Å². The number of fused-ring (bicyclic) bond motifs is 1. The van der Waals surface area contributed by atoms with Crippen LogP contribution in [0.4, 0.5) is 4.39 Å². The van der Waals surface area contributed by atoms with Crippen LogP contribution in [-0.4, -0.2) is 10.7 Å². The number of rotatable bonds is 2. The molecule has 0 spiro atoms. The van der Waals surface area contributed by atoms with Crippen molar-refractivity contribution < 1.29 is 14.2 Å². The molecule has 1 N–H and O–H groups in total. The second-order valence-corrected chi connectivity index (χ2v) is 5.55. The average Bonchev–Trinajstić information content (AvgIpc) is 2.17. The molecule has 0 saturated heterocycles. The summed E-state index contributed by atoms with van der Waals surface area (Å²) in [4.78, 5) is 0. The molecular weight excluding hydrogens is 219 g/mol. The number of hydrogen-bond acceptors (Lipinski definition) is 2. The maximum atomic E-state index is 13.1. The Kier molecular flexibility index (Phi) is 3.13. The standard InChI is InChI=1S/C14H19FO2/c1-9(2)7-14(3)8-12(16)11-6-10(15)4-5-13(11)17-14/h4-6,9,12,16H,7-8H2,1-3H3/t12-,14?/m1/s1. The first-order chi connectivity index (χ1) is 7.89. The van der Waals surface area contributed by atoms with Gasteiger partial charge in [0.1, 0.15) is 17.2 Å². The minimum Gasteiger partial charge on any atom is -0.487 e. The zero-order chi connectivity index (χ0) is 12.6. The predicted molar refractivity (Wildman–Crippen MR) is 64.5 cm³/mol. The molecule has 2 rings (SSSR count). The van der Waals surface area contributed by atoms with Crippen LogP contribution in [0.15, 0.2) is 18.2 Å². The van der Waals surface area contributed by atoms with Gasteiger partial charge in [-0.3, -0.25) is 0 Å². The van der Waals surface area contributed by atoms with Gasteiger partial charge < -0.3 is 9.84 Å². The van der Waals surface area contributed by atoms with Gasteiger partial charge in [0, 0.05) is 12.0 Å². The Morgan fingerprint density at radius 3 is 2.88 bits per heavy atom. The highest BCUT2D eigenvalue weighted by molar-refractivity contribution is 5.38. The third-order valence-corrected chi connectivity index (χ3v) is 3.15. The van der Waals surface area contributed by atoms with Crippen molar-refractivity contribution in [2.24, 2.45) is 5.92 Å². The Balaban J connectivity index is 2.30. The summed E-state index contributed by atoms with van der Waals surface area (Å²) in [5.74, 6) is 0.765. The van der Waals surface area contributed by atoms with Gasteiger partial charge in [-0.15, -0.1) is 0 Å². The average molecular weight is 238 g/mol. The molecular formula is C14H19FO2. The molecule has 0 radical (unpaired) electrons. The Bertz CT molecular complexity index is 417. The number of aliphatic hydroxyl groups excluding tert-OH is 1. The lowest BCUT2D eigenvalue weighted by molar-refractivity contribution is -0.0146. The summed E-state index contributed by atoms with van der Waals surface area (Å²) in [7, 11) is 0. The maximum Gasteiger partial charge on any atom is 0.126 e. The van der Waals surface area contributed by atoms with E-state index >= 15 is 0 Å². The highest BCUT2D eigenvalue weighted by atomic mass is 19.1. The molecule has 0 aromatic heterocycles. The van der Waals surface area contributed by atoms with E-state index in [9.17, 15) is 9.50 Å². The highest BCUT2D eigenvalue weighted by Gasteiger charge is 2.37. The van der Waals surface area contributed by atoms with Crippen molar-refractivity contribution in [1.82, 2.24) is 0 Å². The van der Waals surface area contributed by atoms with E-state index in [1.54, 1.807) is 6.07 Å². The molecule has 1 heterocycles. The largest absolute Gasteiger partial charge is 0.487 e. The van der Waals surface area contributed by atoms with Crippen LogP contribution in [-0.2, 0) is 0 Å². The molecule has 0 bridgehead atoms. The van der Waals surface area contributed by atoms with Gasteiger partial charge in [0.15, 0.2) is 0 Å². The van der Waals surface area contributed by atoms with E-state index in [0.29, 0.717) is 23.7 Å². The topological polar surface area (TPSA) is 29.5 Å². The van der Waals surface area contributed by atoms with Crippen LogP contribution in [0, 0.1) is 11.7 Å². The maximum absolute atomic E-state index is 13.1. The summed E-state index contributed by atoms with van der Waals surface area (Å²) in [6.07, 6.45) is 0.751. The van der Waals surface area contributed by atoms with Crippen LogP contribution in [0.25, 0.3) is 0 Å². The number of ether oxygens (including phenoxy) is 1. The lowest BCUT2D eigenvalue weighted by atomic mass is 9.84. The van der Waals surface area contributed by atoms with E-state index in [1.807, 2.05) is 6.92 Å².